The topological polar surface area (TPSA) is 35.3 Å². The second-order valence-electron chi connectivity index (χ2n) is 4.55. The summed E-state index contributed by atoms with van der Waals surface area (Å²) in [5.74, 6) is 1.28. The van der Waals surface area contributed by atoms with E-state index in [1.807, 2.05) is 35.7 Å². The van der Waals surface area contributed by atoms with Crippen molar-refractivity contribution in [3.8, 4) is 10.6 Å². The molecule has 2 heterocycles. The van der Waals surface area contributed by atoms with Gasteiger partial charge in [-0.25, -0.2) is 4.98 Å². The van der Waals surface area contributed by atoms with Gasteiger partial charge >= 0.3 is 0 Å². The molecule has 2 aromatic heterocycles. The van der Waals surface area contributed by atoms with Gasteiger partial charge in [0, 0.05) is 10.9 Å². The Morgan fingerprint density at radius 3 is 2.90 bits per heavy atom. The van der Waals surface area contributed by atoms with E-state index in [2.05, 4.69) is 11.1 Å². The second kappa shape index (κ2) is 6.89. The Morgan fingerprint density at radius 2 is 2.14 bits per heavy atom. The molecule has 3 nitrogen and oxygen atoms in total. The zero-order chi connectivity index (χ0) is 14.5. The first-order valence-electron chi connectivity index (χ1n) is 6.55. The van der Waals surface area contributed by atoms with Gasteiger partial charge in [-0.3, -0.25) is 0 Å². The first kappa shape index (κ1) is 14.3. The third-order valence-corrected chi connectivity index (χ3v) is 4.17. The number of halogens is 1. The Bertz CT molecular complexity index is 694. The van der Waals surface area contributed by atoms with E-state index in [4.69, 9.17) is 20.8 Å². The minimum Gasteiger partial charge on any atom is -0.467 e. The Kier molecular flexibility index (Phi) is 4.70. The monoisotopic (exact) mass is 319 g/mol. The lowest BCUT2D eigenvalue weighted by molar-refractivity contribution is 0.0930. The molecular formula is C16H14ClNO2S. The lowest BCUT2D eigenvalue weighted by Crippen LogP contribution is -1.93. The number of furan rings is 1. The van der Waals surface area contributed by atoms with Gasteiger partial charge in [0.05, 0.1) is 24.4 Å². The van der Waals surface area contributed by atoms with Crippen molar-refractivity contribution in [2.75, 3.05) is 0 Å². The maximum atomic E-state index is 5.79. The number of hydrogen-bond donors (Lipinski definition) is 0. The number of ether oxygens (including phenoxy) is 1. The van der Waals surface area contributed by atoms with Crippen LogP contribution in [0.2, 0.25) is 0 Å². The largest absolute Gasteiger partial charge is 0.467 e. The van der Waals surface area contributed by atoms with E-state index in [9.17, 15) is 0 Å². The number of nitrogens with zero attached hydrogens (tertiary/aromatic N) is 1. The van der Waals surface area contributed by atoms with E-state index < -0.39 is 0 Å². The van der Waals surface area contributed by atoms with Crippen LogP contribution in [0, 0.1) is 0 Å². The van der Waals surface area contributed by atoms with Gasteiger partial charge in [-0.1, -0.05) is 18.2 Å². The molecule has 0 aliphatic rings. The normalized spacial score (nSPS) is 10.9. The summed E-state index contributed by atoms with van der Waals surface area (Å²) in [5.41, 5.74) is 3.12. The molecule has 5 heteroatoms. The molecule has 3 aromatic rings. The van der Waals surface area contributed by atoms with Crippen LogP contribution < -0.4 is 0 Å². The Balaban J connectivity index is 1.65. The maximum absolute atomic E-state index is 5.79. The summed E-state index contributed by atoms with van der Waals surface area (Å²) in [6, 6.07) is 12.0. The molecule has 0 amide bonds. The molecule has 21 heavy (non-hydrogen) atoms. The number of aromatic nitrogens is 1. The Morgan fingerprint density at radius 1 is 1.19 bits per heavy atom. The van der Waals surface area contributed by atoms with Crippen LogP contribution in [0.5, 0.6) is 0 Å². The molecule has 1 aromatic carbocycles. The number of alkyl halides is 1. The molecule has 0 radical (unpaired) electrons. The fraction of sp³-hybridized carbons (Fsp3) is 0.188. The number of hydrogen-bond acceptors (Lipinski definition) is 4. The zero-order valence-electron chi connectivity index (χ0n) is 11.3. The highest BCUT2D eigenvalue weighted by atomic mass is 35.5. The molecule has 0 fully saturated rings. The minimum absolute atomic E-state index is 0.447. The molecule has 0 aliphatic heterocycles. The first-order chi connectivity index (χ1) is 10.3. The van der Waals surface area contributed by atoms with Crippen molar-refractivity contribution in [1.82, 2.24) is 4.98 Å². The van der Waals surface area contributed by atoms with Crippen molar-refractivity contribution in [3.63, 3.8) is 0 Å². The van der Waals surface area contributed by atoms with Crippen LogP contribution in [0.15, 0.2) is 52.5 Å². The van der Waals surface area contributed by atoms with E-state index >= 15 is 0 Å². The predicted octanol–water partition coefficient (Wildman–Crippen LogP) is 4.86. The Labute approximate surface area is 132 Å². The van der Waals surface area contributed by atoms with Crippen molar-refractivity contribution >= 4 is 22.9 Å². The van der Waals surface area contributed by atoms with Crippen molar-refractivity contribution in [2.45, 2.75) is 19.1 Å². The van der Waals surface area contributed by atoms with Gasteiger partial charge in [0.2, 0.25) is 0 Å². The maximum Gasteiger partial charge on any atom is 0.129 e. The number of benzene rings is 1. The Hall–Kier alpha value is -1.62. The molecule has 0 saturated heterocycles. The molecule has 108 valence electrons. The van der Waals surface area contributed by atoms with E-state index in [-0.39, 0.29) is 0 Å². The fourth-order valence-corrected chi connectivity index (χ4v) is 3.00. The van der Waals surface area contributed by atoms with E-state index in [0.29, 0.717) is 19.1 Å². The third-order valence-electron chi connectivity index (χ3n) is 2.96. The van der Waals surface area contributed by atoms with Gasteiger partial charge < -0.3 is 9.15 Å². The third kappa shape index (κ3) is 3.73. The van der Waals surface area contributed by atoms with E-state index in [1.165, 1.54) is 0 Å². The van der Waals surface area contributed by atoms with E-state index in [1.54, 1.807) is 17.6 Å². The summed E-state index contributed by atoms with van der Waals surface area (Å²) < 4.78 is 10.9. The quantitative estimate of drug-likeness (QED) is 0.609. The van der Waals surface area contributed by atoms with Crippen molar-refractivity contribution < 1.29 is 9.15 Å². The van der Waals surface area contributed by atoms with Gasteiger partial charge in [0.25, 0.3) is 0 Å². The van der Waals surface area contributed by atoms with Crippen molar-refractivity contribution in [3.05, 3.63) is 65.1 Å². The standard InChI is InChI=1S/C16H14ClNO2S/c17-8-14-11-21-16(18-14)13-4-1-3-12(7-13)9-19-10-15-5-2-6-20-15/h1-7,11H,8-10H2. The highest BCUT2D eigenvalue weighted by Crippen LogP contribution is 2.25. The lowest BCUT2D eigenvalue weighted by atomic mass is 10.1. The summed E-state index contributed by atoms with van der Waals surface area (Å²) in [6.45, 7) is 1.02. The first-order valence-corrected chi connectivity index (χ1v) is 7.96. The van der Waals surface area contributed by atoms with Gasteiger partial charge in [-0.15, -0.1) is 22.9 Å². The van der Waals surface area contributed by atoms with E-state index in [0.717, 1.165) is 27.6 Å². The molecule has 0 spiro atoms. The average Bonchev–Trinajstić information content (AvgIpc) is 3.19. The van der Waals surface area contributed by atoms with Crippen LogP contribution in [0.1, 0.15) is 17.0 Å². The average molecular weight is 320 g/mol. The molecular weight excluding hydrogens is 306 g/mol. The highest BCUT2D eigenvalue weighted by molar-refractivity contribution is 7.13. The second-order valence-corrected chi connectivity index (χ2v) is 5.68. The van der Waals surface area contributed by atoms with Crippen LogP contribution in [0.4, 0.5) is 0 Å². The zero-order valence-corrected chi connectivity index (χ0v) is 12.9. The lowest BCUT2D eigenvalue weighted by Gasteiger charge is -2.04. The minimum atomic E-state index is 0.447. The molecule has 0 bridgehead atoms. The van der Waals surface area contributed by atoms with Crippen LogP contribution in [-0.2, 0) is 23.8 Å². The summed E-state index contributed by atoms with van der Waals surface area (Å²) in [4.78, 5) is 4.49. The number of rotatable bonds is 6. The molecule has 0 aliphatic carbocycles. The molecule has 0 atom stereocenters. The SMILES string of the molecule is ClCc1csc(-c2cccc(COCc3ccco3)c2)n1. The smallest absolute Gasteiger partial charge is 0.129 e. The fourth-order valence-electron chi connectivity index (χ4n) is 1.96. The number of thiazole rings is 1. The molecule has 0 saturated carbocycles. The van der Waals surface area contributed by atoms with Crippen LogP contribution in [-0.4, -0.2) is 4.98 Å². The van der Waals surface area contributed by atoms with Crippen molar-refractivity contribution in [2.24, 2.45) is 0 Å². The predicted molar refractivity (Wildman–Crippen MR) is 84.3 cm³/mol. The molecule has 0 N–H and O–H groups in total. The summed E-state index contributed by atoms with van der Waals surface area (Å²) in [5, 5.41) is 2.97. The summed E-state index contributed by atoms with van der Waals surface area (Å²) >= 11 is 7.40. The molecule has 3 rings (SSSR count). The van der Waals surface area contributed by atoms with Gasteiger partial charge in [0.15, 0.2) is 0 Å². The van der Waals surface area contributed by atoms with Crippen molar-refractivity contribution in [1.29, 1.82) is 0 Å². The van der Waals surface area contributed by atoms with Crippen LogP contribution in [0.25, 0.3) is 10.6 Å². The van der Waals surface area contributed by atoms with Gasteiger partial charge in [0.1, 0.15) is 17.4 Å². The highest BCUT2D eigenvalue weighted by Gasteiger charge is 2.05. The van der Waals surface area contributed by atoms with Crippen LogP contribution in [0.3, 0.4) is 0 Å². The summed E-state index contributed by atoms with van der Waals surface area (Å²) in [6.07, 6.45) is 1.65. The molecule has 0 unspecified atom stereocenters. The van der Waals surface area contributed by atoms with Crippen LogP contribution >= 0.6 is 22.9 Å². The van der Waals surface area contributed by atoms with Gasteiger partial charge in [-0.05, 0) is 23.8 Å². The summed E-state index contributed by atoms with van der Waals surface area (Å²) in [7, 11) is 0. The van der Waals surface area contributed by atoms with Gasteiger partial charge in [-0.2, -0.15) is 0 Å².